The van der Waals surface area contributed by atoms with Gasteiger partial charge in [0.2, 0.25) is 5.91 Å². The maximum atomic E-state index is 12.2. The molecule has 0 radical (unpaired) electrons. The lowest BCUT2D eigenvalue weighted by atomic mass is 10.2. The Balaban J connectivity index is 1.83. The van der Waals surface area contributed by atoms with Crippen molar-refractivity contribution in [2.24, 2.45) is 5.92 Å². The number of carbonyl (C=O) groups excluding carboxylic acids is 2. The number of nitrogens with one attached hydrogen (secondary N) is 2. The van der Waals surface area contributed by atoms with E-state index >= 15 is 0 Å². The summed E-state index contributed by atoms with van der Waals surface area (Å²) in [5.74, 6) is 0.0616. The van der Waals surface area contributed by atoms with E-state index < -0.39 is 6.03 Å². The number of amides is 3. The molecular weight excluding hydrogens is 326 g/mol. The number of rotatable bonds is 8. The molecule has 1 atom stereocenters. The number of urea groups is 1. The average Bonchev–Trinajstić information content (AvgIpc) is 3.18. The molecule has 7 heteroatoms. The molecule has 1 aromatic rings. The van der Waals surface area contributed by atoms with Gasteiger partial charge in [0, 0.05) is 31.1 Å². The highest BCUT2D eigenvalue weighted by molar-refractivity contribution is 7.09. The van der Waals surface area contributed by atoms with Gasteiger partial charge < -0.3 is 10.1 Å². The monoisotopic (exact) mass is 353 g/mol. The van der Waals surface area contributed by atoms with E-state index in [1.165, 1.54) is 4.88 Å². The fraction of sp³-hybridized carbons (Fsp3) is 0.647. The lowest BCUT2D eigenvalue weighted by Gasteiger charge is -2.24. The molecular formula is C17H27N3O3S. The molecule has 6 nitrogen and oxygen atoms in total. The highest BCUT2D eigenvalue weighted by Crippen LogP contribution is 2.16. The van der Waals surface area contributed by atoms with E-state index in [-0.39, 0.29) is 18.6 Å². The molecule has 2 N–H and O–H groups in total. The Kier molecular flexibility index (Phi) is 7.68. The summed E-state index contributed by atoms with van der Waals surface area (Å²) in [5, 5.41) is 7.12. The number of nitrogens with zero attached hydrogens (tertiary/aromatic N) is 1. The third-order valence-corrected chi connectivity index (χ3v) is 4.60. The van der Waals surface area contributed by atoms with Gasteiger partial charge in [0.05, 0.1) is 12.6 Å². The van der Waals surface area contributed by atoms with E-state index in [1.807, 2.05) is 30.2 Å². The molecule has 0 aliphatic carbocycles. The third-order valence-electron chi connectivity index (χ3n) is 3.74. The Labute approximate surface area is 147 Å². The highest BCUT2D eigenvalue weighted by atomic mass is 32.1. The minimum absolute atomic E-state index is 0.174. The topological polar surface area (TPSA) is 70.7 Å². The number of hydrogen-bond donors (Lipinski definition) is 2. The summed E-state index contributed by atoms with van der Waals surface area (Å²) in [7, 11) is 0. The molecule has 1 aliphatic rings. The van der Waals surface area contributed by atoms with Gasteiger partial charge in [0.25, 0.3) is 0 Å². The summed E-state index contributed by atoms with van der Waals surface area (Å²) in [5.41, 5.74) is 0. The van der Waals surface area contributed by atoms with Crippen LogP contribution in [0.1, 0.15) is 31.6 Å². The molecule has 1 fully saturated rings. The summed E-state index contributed by atoms with van der Waals surface area (Å²) < 4.78 is 5.68. The van der Waals surface area contributed by atoms with Crippen LogP contribution >= 0.6 is 11.3 Å². The van der Waals surface area contributed by atoms with Gasteiger partial charge in [0.15, 0.2) is 0 Å². The zero-order valence-corrected chi connectivity index (χ0v) is 15.2. The quantitative estimate of drug-likeness (QED) is 0.752. The second-order valence-electron chi connectivity index (χ2n) is 6.54. The molecule has 2 heterocycles. The lowest BCUT2D eigenvalue weighted by molar-refractivity contribution is -0.121. The molecule has 1 saturated heterocycles. The lowest BCUT2D eigenvalue weighted by Crippen LogP contribution is -2.46. The number of hydrogen-bond acceptors (Lipinski definition) is 5. The normalized spacial score (nSPS) is 17.4. The first kappa shape index (κ1) is 18.9. The van der Waals surface area contributed by atoms with Gasteiger partial charge in [-0.25, -0.2) is 4.79 Å². The Morgan fingerprint density at radius 1 is 1.46 bits per heavy atom. The first-order chi connectivity index (χ1) is 11.5. The van der Waals surface area contributed by atoms with Crippen molar-refractivity contribution in [1.29, 1.82) is 0 Å². The van der Waals surface area contributed by atoms with E-state index in [2.05, 4.69) is 16.7 Å². The number of ether oxygens (including phenoxy) is 1. The van der Waals surface area contributed by atoms with E-state index in [4.69, 9.17) is 4.74 Å². The van der Waals surface area contributed by atoms with Crippen molar-refractivity contribution < 1.29 is 14.3 Å². The van der Waals surface area contributed by atoms with Gasteiger partial charge in [-0.15, -0.1) is 11.3 Å². The van der Waals surface area contributed by atoms with E-state index in [0.29, 0.717) is 25.6 Å². The van der Waals surface area contributed by atoms with E-state index in [0.717, 1.165) is 19.4 Å². The van der Waals surface area contributed by atoms with E-state index in [9.17, 15) is 9.59 Å². The predicted molar refractivity (Wildman–Crippen MR) is 94.9 cm³/mol. The SMILES string of the molecule is CC(C)CNC(=O)NC(=O)CN(Cc1cccs1)C[C@@H]1CCCO1. The fourth-order valence-electron chi connectivity index (χ4n) is 2.59. The number of imide groups is 1. The van der Waals surface area contributed by atoms with E-state index in [1.54, 1.807) is 11.3 Å². The summed E-state index contributed by atoms with van der Waals surface area (Å²) in [6.45, 7) is 6.94. The van der Waals surface area contributed by atoms with Gasteiger partial charge in [-0.05, 0) is 30.2 Å². The van der Waals surface area contributed by atoms with Crippen LogP contribution in [-0.4, -0.2) is 49.2 Å². The number of carbonyl (C=O) groups is 2. The number of thiophene rings is 1. The van der Waals surface area contributed by atoms with Gasteiger partial charge in [0.1, 0.15) is 0 Å². The van der Waals surface area contributed by atoms with Crippen LogP contribution in [0.3, 0.4) is 0 Å². The molecule has 2 rings (SSSR count). The Morgan fingerprint density at radius 3 is 2.92 bits per heavy atom. The van der Waals surface area contributed by atoms with Crippen molar-refractivity contribution in [1.82, 2.24) is 15.5 Å². The predicted octanol–water partition coefficient (Wildman–Crippen LogP) is 2.21. The second kappa shape index (κ2) is 9.76. The first-order valence-electron chi connectivity index (χ1n) is 8.47. The van der Waals surface area contributed by atoms with Crippen molar-refractivity contribution >= 4 is 23.3 Å². The molecule has 0 spiro atoms. The molecule has 0 saturated carbocycles. The van der Waals surface area contributed by atoms with Crippen molar-refractivity contribution in [2.45, 2.75) is 39.3 Å². The summed E-state index contributed by atoms with van der Waals surface area (Å²) in [6.07, 6.45) is 2.27. The molecule has 24 heavy (non-hydrogen) atoms. The van der Waals surface area contributed by atoms with Crippen LogP contribution < -0.4 is 10.6 Å². The summed E-state index contributed by atoms with van der Waals surface area (Å²) >= 11 is 1.67. The molecule has 134 valence electrons. The minimum Gasteiger partial charge on any atom is -0.377 e. The molecule has 1 aromatic heterocycles. The van der Waals surface area contributed by atoms with Gasteiger partial charge >= 0.3 is 6.03 Å². The molecule has 0 bridgehead atoms. The second-order valence-corrected chi connectivity index (χ2v) is 7.57. The standard InChI is InChI=1S/C17H27N3O3S/c1-13(2)9-18-17(22)19-16(21)12-20(10-14-5-3-7-23-14)11-15-6-4-8-24-15/h4,6,8,13-14H,3,5,7,9-12H2,1-2H3,(H2,18,19,21,22)/t14-/m0/s1. The fourth-order valence-corrected chi connectivity index (χ4v) is 3.34. The Bertz CT molecular complexity index is 513. The smallest absolute Gasteiger partial charge is 0.321 e. The zero-order valence-electron chi connectivity index (χ0n) is 14.4. The molecule has 1 aliphatic heterocycles. The van der Waals surface area contributed by atoms with Crippen molar-refractivity contribution in [3.05, 3.63) is 22.4 Å². The maximum absolute atomic E-state index is 12.2. The van der Waals surface area contributed by atoms with Crippen LogP contribution in [0.15, 0.2) is 17.5 Å². The van der Waals surface area contributed by atoms with Gasteiger partial charge in [-0.3, -0.25) is 15.0 Å². The Hall–Kier alpha value is -1.44. The van der Waals surface area contributed by atoms with Crippen LogP contribution in [0.25, 0.3) is 0 Å². The van der Waals surface area contributed by atoms with Crippen LogP contribution in [-0.2, 0) is 16.1 Å². The van der Waals surface area contributed by atoms with Crippen molar-refractivity contribution in [2.75, 3.05) is 26.2 Å². The van der Waals surface area contributed by atoms with Gasteiger partial charge in [-0.2, -0.15) is 0 Å². The highest BCUT2D eigenvalue weighted by Gasteiger charge is 2.22. The maximum Gasteiger partial charge on any atom is 0.321 e. The minimum atomic E-state index is -0.429. The third kappa shape index (κ3) is 6.98. The zero-order chi connectivity index (χ0) is 17.4. The van der Waals surface area contributed by atoms with Crippen LogP contribution in [0, 0.1) is 5.92 Å². The largest absolute Gasteiger partial charge is 0.377 e. The summed E-state index contributed by atoms with van der Waals surface area (Å²) in [6, 6.07) is 3.63. The Morgan fingerprint density at radius 2 is 2.29 bits per heavy atom. The average molecular weight is 353 g/mol. The van der Waals surface area contributed by atoms with Crippen LogP contribution in [0.4, 0.5) is 4.79 Å². The van der Waals surface area contributed by atoms with Crippen LogP contribution in [0.5, 0.6) is 0 Å². The van der Waals surface area contributed by atoms with Crippen molar-refractivity contribution in [3.63, 3.8) is 0 Å². The van der Waals surface area contributed by atoms with Crippen LogP contribution in [0.2, 0.25) is 0 Å². The van der Waals surface area contributed by atoms with Crippen molar-refractivity contribution in [3.8, 4) is 0 Å². The van der Waals surface area contributed by atoms with Gasteiger partial charge in [-0.1, -0.05) is 19.9 Å². The molecule has 0 aromatic carbocycles. The molecule has 0 unspecified atom stereocenters. The summed E-state index contributed by atoms with van der Waals surface area (Å²) in [4.78, 5) is 27.1. The molecule has 3 amide bonds. The first-order valence-corrected chi connectivity index (χ1v) is 9.35.